The number of morpholine rings is 1. The third kappa shape index (κ3) is 8.28. The van der Waals surface area contributed by atoms with E-state index >= 15 is 0 Å². The second-order valence-corrected chi connectivity index (χ2v) is 8.96. The first-order chi connectivity index (χ1) is 13.4. The summed E-state index contributed by atoms with van der Waals surface area (Å²) in [5, 5.41) is 0. The van der Waals surface area contributed by atoms with Crippen molar-refractivity contribution < 1.29 is 4.74 Å². The monoisotopic (exact) mass is 402 g/mol. The highest BCUT2D eigenvalue weighted by Crippen LogP contribution is 2.19. The van der Waals surface area contributed by atoms with Gasteiger partial charge in [-0.3, -0.25) is 4.90 Å². The highest BCUT2D eigenvalue weighted by atomic mass is 32.2. The van der Waals surface area contributed by atoms with Gasteiger partial charge in [0.1, 0.15) is 0 Å². The Hall–Kier alpha value is -0.980. The topological polar surface area (TPSA) is 15.7 Å². The Morgan fingerprint density at radius 2 is 1.26 bits per heavy atom. The Balaban J connectivity index is 1.43. The summed E-state index contributed by atoms with van der Waals surface area (Å²) >= 11 is 3.92. The van der Waals surface area contributed by atoms with Gasteiger partial charge in [-0.1, -0.05) is 36.4 Å². The second-order valence-electron chi connectivity index (χ2n) is 6.62. The summed E-state index contributed by atoms with van der Waals surface area (Å²) in [5.41, 5.74) is 0. The Labute approximate surface area is 172 Å². The van der Waals surface area contributed by atoms with Gasteiger partial charge in [0.25, 0.3) is 0 Å². The van der Waals surface area contributed by atoms with Crippen molar-refractivity contribution in [3.63, 3.8) is 0 Å². The van der Waals surface area contributed by atoms with Crippen LogP contribution in [-0.4, -0.2) is 73.8 Å². The lowest BCUT2D eigenvalue weighted by Crippen LogP contribution is -2.42. The van der Waals surface area contributed by atoms with Gasteiger partial charge in [0.2, 0.25) is 0 Å². The molecule has 3 rings (SSSR count). The predicted molar refractivity (Wildman–Crippen MR) is 118 cm³/mol. The van der Waals surface area contributed by atoms with E-state index < -0.39 is 0 Å². The van der Waals surface area contributed by atoms with Gasteiger partial charge in [-0.25, -0.2) is 0 Å². The first-order valence-corrected chi connectivity index (χ1v) is 11.8. The maximum Gasteiger partial charge on any atom is 0.0594 e. The van der Waals surface area contributed by atoms with Crippen LogP contribution < -0.4 is 0 Å². The van der Waals surface area contributed by atoms with E-state index in [0.29, 0.717) is 0 Å². The fourth-order valence-corrected chi connectivity index (χ4v) is 4.93. The summed E-state index contributed by atoms with van der Waals surface area (Å²) in [6.07, 6.45) is 0. The number of nitrogens with zero attached hydrogens (tertiary/aromatic N) is 2. The van der Waals surface area contributed by atoms with Gasteiger partial charge >= 0.3 is 0 Å². The fraction of sp³-hybridized carbons (Fsp3) is 0.455. The molecule has 3 nitrogen and oxygen atoms in total. The highest BCUT2D eigenvalue weighted by molar-refractivity contribution is 7.99. The van der Waals surface area contributed by atoms with Crippen LogP contribution in [0.15, 0.2) is 70.5 Å². The normalized spacial score (nSPS) is 15.3. The smallest absolute Gasteiger partial charge is 0.0594 e. The van der Waals surface area contributed by atoms with Gasteiger partial charge in [-0.05, 0) is 24.3 Å². The van der Waals surface area contributed by atoms with E-state index in [1.807, 2.05) is 23.5 Å². The van der Waals surface area contributed by atoms with E-state index in [-0.39, 0.29) is 0 Å². The molecule has 1 heterocycles. The zero-order chi connectivity index (χ0) is 18.6. The van der Waals surface area contributed by atoms with Crippen LogP contribution in [0.2, 0.25) is 0 Å². The molecule has 0 saturated carbocycles. The van der Waals surface area contributed by atoms with Crippen molar-refractivity contribution in [2.45, 2.75) is 9.79 Å². The maximum absolute atomic E-state index is 5.47. The Morgan fingerprint density at radius 1 is 0.741 bits per heavy atom. The average Bonchev–Trinajstić information content (AvgIpc) is 2.74. The molecule has 0 spiro atoms. The van der Waals surface area contributed by atoms with E-state index in [2.05, 4.69) is 70.5 Å². The van der Waals surface area contributed by atoms with Gasteiger partial charge < -0.3 is 9.64 Å². The molecule has 0 radical (unpaired) electrons. The molecule has 1 saturated heterocycles. The van der Waals surface area contributed by atoms with Crippen molar-refractivity contribution in [1.82, 2.24) is 9.80 Å². The minimum Gasteiger partial charge on any atom is -0.379 e. The lowest BCUT2D eigenvalue weighted by molar-refractivity contribution is 0.0339. The van der Waals surface area contributed by atoms with E-state index in [9.17, 15) is 0 Å². The summed E-state index contributed by atoms with van der Waals surface area (Å²) in [6.45, 7) is 8.48. The predicted octanol–water partition coefficient (Wildman–Crippen LogP) is 4.21. The van der Waals surface area contributed by atoms with Gasteiger partial charge in [0, 0.05) is 60.6 Å². The Kier molecular flexibility index (Phi) is 9.58. The quantitative estimate of drug-likeness (QED) is 0.522. The van der Waals surface area contributed by atoms with Crippen molar-refractivity contribution in [1.29, 1.82) is 0 Å². The SMILES string of the molecule is c1ccc(SCCN(CCSc2ccccc2)CCN2CCOCC2)cc1. The van der Waals surface area contributed by atoms with Crippen LogP contribution in [0.1, 0.15) is 0 Å². The Morgan fingerprint density at radius 3 is 1.78 bits per heavy atom. The highest BCUT2D eigenvalue weighted by Gasteiger charge is 2.12. The largest absolute Gasteiger partial charge is 0.379 e. The molecular formula is C22H30N2OS2. The molecule has 0 bridgehead atoms. The molecule has 27 heavy (non-hydrogen) atoms. The van der Waals surface area contributed by atoms with E-state index in [1.54, 1.807) is 0 Å². The van der Waals surface area contributed by atoms with Gasteiger partial charge in [-0.2, -0.15) is 0 Å². The number of thioether (sulfide) groups is 2. The standard InChI is InChI=1S/C22H30N2OS2/c1-3-7-21(8-4-1)26-19-15-24(12-11-23-13-17-25-18-14-23)16-20-27-22-9-5-2-6-10-22/h1-10H,11-20H2. The number of benzene rings is 2. The van der Waals surface area contributed by atoms with Crippen molar-refractivity contribution in [2.24, 2.45) is 0 Å². The van der Waals surface area contributed by atoms with Crippen LogP contribution in [0.3, 0.4) is 0 Å². The lowest BCUT2D eigenvalue weighted by Gasteiger charge is -2.30. The molecule has 2 aromatic carbocycles. The number of hydrogen-bond acceptors (Lipinski definition) is 5. The summed E-state index contributed by atoms with van der Waals surface area (Å²) in [5.74, 6) is 2.28. The summed E-state index contributed by atoms with van der Waals surface area (Å²) < 4.78 is 5.47. The molecule has 1 aliphatic heterocycles. The van der Waals surface area contributed by atoms with Crippen LogP contribution in [0.25, 0.3) is 0 Å². The third-order valence-electron chi connectivity index (χ3n) is 4.68. The van der Waals surface area contributed by atoms with Crippen LogP contribution >= 0.6 is 23.5 Å². The fourth-order valence-electron chi connectivity index (χ4n) is 3.06. The molecule has 146 valence electrons. The van der Waals surface area contributed by atoms with Gasteiger partial charge in [-0.15, -0.1) is 23.5 Å². The molecule has 5 heteroatoms. The average molecular weight is 403 g/mol. The molecule has 0 aliphatic carbocycles. The molecule has 2 aromatic rings. The van der Waals surface area contributed by atoms with E-state index in [1.165, 1.54) is 9.79 Å². The summed E-state index contributed by atoms with van der Waals surface area (Å²) in [6, 6.07) is 21.5. The first kappa shape index (κ1) is 20.7. The van der Waals surface area contributed by atoms with Gasteiger partial charge in [0.05, 0.1) is 13.2 Å². The molecule has 0 aromatic heterocycles. The second kappa shape index (κ2) is 12.5. The number of ether oxygens (including phenoxy) is 1. The molecule has 1 fully saturated rings. The van der Waals surface area contributed by atoms with E-state index in [0.717, 1.165) is 64.0 Å². The van der Waals surface area contributed by atoms with Crippen molar-refractivity contribution in [2.75, 3.05) is 64.0 Å². The maximum atomic E-state index is 5.47. The molecule has 0 amide bonds. The Bertz CT molecular complexity index is 575. The van der Waals surface area contributed by atoms with Crippen molar-refractivity contribution in [3.05, 3.63) is 60.7 Å². The van der Waals surface area contributed by atoms with E-state index in [4.69, 9.17) is 4.74 Å². The molecular weight excluding hydrogens is 372 g/mol. The zero-order valence-electron chi connectivity index (χ0n) is 16.0. The molecule has 0 atom stereocenters. The molecule has 1 aliphatic rings. The summed E-state index contributed by atoms with van der Waals surface area (Å²) in [4.78, 5) is 7.89. The van der Waals surface area contributed by atoms with Crippen LogP contribution in [0.4, 0.5) is 0 Å². The van der Waals surface area contributed by atoms with Crippen LogP contribution in [-0.2, 0) is 4.74 Å². The van der Waals surface area contributed by atoms with Crippen molar-refractivity contribution in [3.8, 4) is 0 Å². The first-order valence-electron chi connectivity index (χ1n) is 9.78. The summed E-state index contributed by atoms with van der Waals surface area (Å²) in [7, 11) is 0. The number of hydrogen-bond donors (Lipinski definition) is 0. The van der Waals surface area contributed by atoms with Gasteiger partial charge in [0.15, 0.2) is 0 Å². The molecule has 0 unspecified atom stereocenters. The number of rotatable bonds is 11. The third-order valence-corrected chi connectivity index (χ3v) is 6.66. The van der Waals surface area contributed by atoms with Crippen LogP contribution in [0.5, 0.6) is 0 Å². The zero-order valence-corrected chi connectivity index (χ0v) is 17.6. The lowest BCUT2D eigenvalue weighted by atomic mass is 10.4. The minimum absolute atomic E-state index is 0.883. The van der Waals surface area contributed by atoms with Crippen molar-refractivity contribution >= 4 is 23.5 Å². The molecule has 0 N–H and O–H groups in total. The minimum atomic E-state index is 0.883. The van der Waals surface area contributed by atoms with Crippen LogP contribution in [0, 0.1) is 0 Å².